The van der Waals surface area contributed by atoms with Gasteiger partial charge in [-0.2, -0.15) is 0 Å². The second kappa shape index (κ2) is 5.04. The van der Waals surface area contributed by atoms with Gasteiger partial charge in [-0.15, -0.1) is 0 Å². The monoisotopic (exact) mass is 299 g/mol. The maximum Gasteiger partial charge on any atom is 0.335 e. The summed E-state index contributed by atoms with van der Waals surface area (Å²) in [5.41, 5.74) is -0.164. The van der Waals surface area contributed by atoms with Crippen molar-refractivity contribution in [3.8, 4) is 0 Å². The summed E-state index contributed by atoms with van der Waals surface area (Å²) in [5, 5.41) is 12.2. The molecule has 6 nitrogen and oxygen atoms in total. The fourth-order valence-corrected chi connectivity index (χ4v) is 2.96. The molecule has 0 bridgehead atoms. The molecule has 0 unspecified atom stereocenters. The zero-order valence-electron chi connectivity index (χ0n) is 10.3. The van der Waals surface area contributed by atoms with Gasteiger partial charge < -0.3 is 9.63 Å². The van der Waals surface area contributed by atoms with E-state index < -0.39 is 32.3 Å². The van der Waals surface area contributed by atoms with E-state index in [2.05, 4.69) is 5.16 Å². The minimum absolute atomic E-state index is 0.157. The van der Waals surface area contributed by atoms with Gasteiger partial charge in [0.15, 0.2) is 9.84 Å². The van der Waals surface area contributed by atoms with Crippen LogP contribution < -0.4 is 0 Å². The smallest absolute Gasteiger partial charge is 0.335 e. The van der Waals surface area contributed by atoms with Crippen molar-refractivity contribution in [3.05, 3.63) is 47.1 Å². The molecular weight excluding hydrogens is 289 g/mol. The summed E-state index contributed by atoms with van der Waals surface area (Å²) in [6, 6.07) is 4.07. The summed E-state index contributed by atoms with van der Waals surface area (Å²) >= 11 is 0. The molecule has 2 aromatic rings. The van der Waals surface area contributed by atoms with Crippen molar-refractivity contribution in [2.45, 2.75) is 17.6 Å². The third-order valence-electron chi connectivity index (χ3n) is 2.53. The van der Waals surface area contributed by atoms with E-state index in [0.717, 1.165) is 12.1 Å². The second-order valence-electron chi connectivity index (χ2n) is 4.14. The van der Waals surface area contributed by atoms with Gasteiger partial charge in [-0.05, 0) is 25.1 Å². The van der Waals surface area contributed by atoms with Crippen LogP contribution in [0.4, 0.5) is 4.39 Å². The molecule has 0 atom stereocenters. The maximum atomic E-state index is 13.7. The van der Waals surface area contributed by atoms with Crippen LogP contribution in [0.5, 0.6) is 0 Å². The van der Waals surface area contributed by atoms with E-state index in [4.69, 9.17) is 9.63 Å². The van der Waals surface area contributed by atoms with Gasteiger partial charge >= 0.3 is 5.97 Å². The zero-order valence-corrected chi connectivity index (χ0v) is 11.1. The van der Waals surface area contributed by atoms with Crippen molar-refractivity contribution < 1.29 is 27.2 Å². The molecule has 1 N–H and O–H groups in total. The second-order valence-corrected chi connectivity index (χ2v) is 6.10. The summed E-state index contributed by atoms with van der Waals surface area (Å²) in [6.45, 7) is 1.60. The Bertz CT molecular complexity index is 766. The number of rotatable bonds is 4. The number of carboxylic acid groups (broad SMARTS) is 1. The molecule has 0 aliphatic carbocycles. The molecular formula is C12H10FNO5S. The van der Waals surface area contributed by atoms with Gasteiger partial charge in [-0.25, -0.2) is 17.6 Å². The van der Waals surface area contributed by atoms with Crippen molar-refractivity contribution >= 4 is 15.8 Å². The van der Waals surface area contributed by atoms with Crippen molar-refractivity contribution in [1.29, 1.82) is 0 Å². The number of carbonyl (C=O) groups is 1. The Hall–Kier alpha value is -2.22. The van der Waals surface area contributed by atoms with Gasteiger partial charge in [0.2, 0.25) is 0 Å². The maximum absolute atomic E-state index is 13.7. The molecule has 0 spiro atoms. The Morgan fingerprint density at radius 2 is 2.10 bits per heavy atom. The quantitative estimate of drug-likeness (QED) is 0.924. The van der Waals surface area contributed by atoms with E-state index in [-0.39, 0.29) is 11.3 Å². The van der Waals surface area contributed by atoms with Crippen LogP contribution in [0.1, 0.15) is 21.8 Å². The normalized spacial score (nSPS) is 11.5. The highest BCUT2D eigenvalue weighted by molar-refractivity contribution is 7.90. The lowest BCUT2D eigenvalue weighted by atomic mass is 10.2. The largest absolute Gasteiger partial charge is 0.478 e. The summed E-state index contributed by atoms with van der Waals surface area (Å²) in [5.74, 6) is -2.52. The average Bonchev–Trinajstić information content (AvgIpc) is 2.73. The van der Waals surface area contributed by atoms with Crippen molar-refractivity contribution in [2.24, 2.45) is 0 Å². The molecule has 0 amide bonds. The van der Waals surface area contributed by atoms with Crippen LogP contribution in [0.25, 0.3) is 0 Å². The lowest BCUT2D eigenvalue weighted by Crippen LogP contribution is -2.09. The molecule has 0 aliphatic heterocycles. The number of benzene rings is 1. The number of hydrogen-bond donors (Lipinski definition) is 1. The number of sulfone groups is 1. The summed E-state index contributed by atoms with van der Waals surface area (Å²) in [4.78, 5) is 10.1. The lowest BCUT2D eigenvalue weighted by molar-refractivity contribution is 0.0696. The lowest BCUT2D eigenvalue weighted by Gasteiger charge is -2.04. The van der Waals surface area contributed by atoms with Crippen molar-refractivity contribution in [1.82, 2.24) is 5.16 Å². The van der Waals surface area contributed by atoms with Gasteiger partial charge in [0.1, 0.15) is 22.2 Å². The van der Waals surface area contributed by atoms with Crippen LogP contribution in [-0.4, -0.2) is 24.7 Å². The van der Waals surface area contributed by atoms with E-state index in [0.29, 0.717) is 11.8 Å². The molecule has 8 heteroatoms. The van der Waals surface area contributed by atoms with Gasteiger partial charge in [-0.3, -0.25) is 0 Å². The van der Waals surface area contributed by atoms with Crippen LogP contribution in [0, 0.1) is 12.7 Å². The zero-order chi connectivity index (χ0) is 14.9. The third-order valence-corrected chi connectivity index (χ3v) is 4.21. The number of carboxylic acids is 1. The van der Waals surface area contributed by atoms with Gasteiger partial charge in [0, 0.05) is 6.07 Å². The molecule has 0 aliphatic rings. The predicted molar refractivity (Wildman–Crippen MR) is 65.5 cm³/mol. The first kappa shape index (κ1) is 14.2. The van der Waals surface area contributed by atoms with Crippen LogP contribution >= 0.6 is 0 Å². The Morgan fingerprint density at radius 3 is 2.60 bits per heavy atom. The van der Waals surface area contributed by atoms with Crippen molar-refractivity contribution in [3.63, 3.8) is 0 Å². The minimum Gasteiger partial charge on any atom is -0.478 e. The fourth-order valence-electron chi connectivity index (χ4n) is 1.64. The molecule has 1 aromatic carbocycles. The third kappa shape index (κ3) is 2.85. The van der Waals surface area contributed by atoms with E-state index in [1.807, 2.05) is 0 Å². The average molecular weight is 299 g/mol. The van der Waals surface area contributed by atoms with E-state index in [9.17, 15) is 17.6 Å². The highest BCUT2D eigenvalue weighted by Gasteiger charge is 2.22. The molecule has 20 heavy (non-hydrogen) atoms. The highest BCUT2D eigenvalue weighted by Crippen LogP contribution is 2.20. The molecule has 0 saturated heterocycles. The predicted octanol–water partition coefficient (Wildman–Crippen LogP) is 1.79. The van der Waals surface area contributed by atoms with E-state index >= 15 is 0 Å². The molecule has 0 saturated carbocycles. The number of halogens is 1. The minimum atomic E-state index is -3.96. The number of hydrogen-bond acceptors (Lipinski definition) is 5. The molecule has 0 fully saturated rings. The Morgan fingerprint density at radius 1 is 1.40 bits per heavy atom. The van der Waals surface area contributed by atoms with E-state index in [1.165, 1.54) is 6.07 Å². The topological polar surface area (TPSA) is 97.5 Å². The van der Waals surface area contributed by atoms with Crippen LogP contribution in [0.3, 0.4) is 0 Å². The van der Waals surface area contributed by atoms with Gasteiger partial charge in [-0.1, -0.05) is 5.16 Å². The number of aromatic nitrogens is 1. The summed E-state index contributed by atoms with van der Waals surface area (Å²) in [7, 11) is -3.96. The van der Waals surface area contributed by atoms with Gasteiger partial charge in [0.25, 0.3) is 0 Å². The first-order valence-corrected chi connectivity index (χ1v) is 7.12. The highest BCUT2D eigenvalue weighted by atomic mass is 32.2. The molecule has 2 rings (SSSR count). The molecule has 1 aromatic heterocycles. The standard InChI is InChI=1S/C12H10FNO5S/c1-7-4-9(14-19-7)6-20(17,18)11-3-2-8(12(15)16)5-10(11)13/h2-5H,6H2,1H3,(H,15,16). The van der Waals surface area contributed by atoms with Gasteiger partial charge in [0.05, 0.1) is 11.3 Å². The molecule has 0 radical (unpaired) electrons. The van der Waals surface area contributed by atoms with Crippen LogP contribution in [-0.2, 0) is 15.6 Å². The Labute approximate surface area is 113 Å². The number of aromatic carboxylic acids is 1. The number of aryl methyl sites for hydroxylation is 1. The molecule has 106 valence electrons. The first-order valence-electron chi connectivity index (χ1n) is 5.47. The summed E-state index contributed by atoms with van der Waals surface area (Å²) < 4.78 is 42.6. The SMILES string of the molecule is Cc1cc(CS(=O)(=O)c2ccc(C(=O)O)cc2F)no1. The molecule has 1 heterocycles. The Balaban J connectivity index is 2.37. The van der Waals surface area contributed by atoms with Crippen LogP contribution in [0.2, 0.25) is 0 Å². The first-order chi connectivity index (χ1) is 9.29. The van der Waals surface area contributed by atoms with Crippen molar-refractivity contribution in [2.75, 3.05) is 0 Å². The van der Waals surface area contributed by atoms with E-state index in [1.54, 1.807) is 6.92 Å². The summed E-state index contributed by atoms with van der Waals surface area (Å²) in [6.07, 6.45) is 0. The number of nitrogens with zero attached hydrogens (tertiary/aromatic N) is 1. The fraction of sp³-hybridized carbons (Fsp3) is 0.167. The Kier molecular flexibility index (Phi) is 3.58. The van der Waals surface area contributed by atoms with Crippen LogP contribution in [0.15, 0.2) is 33.7 Å².